The average molecular weight is 281 g/mol. The van der Waals surface area contributed by atoms with E-state index < -0.39 is 0 Å². The Morgan fingerprint density at radius 3 is 2.74 bits per heavy atom. The molecule has 104 valence electrons. The number of thiophene rings is 1. The summed E-state index contributed by atoms with van der Waals surface area (Å²) in [7, 11) is 1.65. The third kappa shape index (κ3) is 4.04. The van der Waals surface area contributed by atoms with Crippen LogP contribution in [0.2, 0.25) is 0 Å². The first-order chi connectivity index (χ1) is 9.19. The van der Waals surface area contributed by atoms with Gasteiger partial charge in [-0.15, -0.1) is 11.3 Å². The van der Waals surface area contributed by atoms with Crippen LogP contribution >= 0.6 is 11.3 Å². The first-order valence-corrected chi connectivity index (χ1v) is 7.34. The highest BCUT2D eigenvalue weighted by molar-refractivity contribution is 7.12. The Morgan fingerprint density at radius 1 is 1.42 bits per heavy atom. The van der Waals surface area contributed by atoms with Crippen LogP contribution in [0, 0.1) is 0 Å². The van der Waals surface area contributed by atoms with E-state index in [9.17, 15) is 9.59 Å². The molecule has 2 heterocycles. The Balaban J connectivity index is 1.74. The molecule has 0 aliphatic carbocycles. The number of nitrogens with zero attached hydrogens (tertiary/aromatic N) is 1. The van der Waals surface area contributed by atoms with E-state index in [2.05, 4.69) is 15.5 Å². The average Bonchev–Trinajstić information content (AvgIpc) is 2.95. The van der Waals surface area contributed by atoms with Crippen molar-refractivity contribution in [2.45, 2.75) is 18.9 Å². The van der Waals surface area contributed by atoms with Gasteiger partial charge in [-0.25, -0.2) is 0 Å². The molecule has 1 saturated heterocycles. The molecule has 2 amide bonds. The van der Waals surface area contributed by atoms with Crippen molar-refractivity contribution in [3.63, 3.8) is 0 Å². The SMILES string of the molecule is CNC(=O)CN1CCC(NC(=O)c2cccs2)CC1. The van der Waals surface area contributed by atoms with Crippen LogP contribution in [-0.4, -0.2) is 49.4 Å². The molecular weight excluding hydrogens is 262 g/mol. The molecule has 1 aromatic heterocycles. The topological polar surface area (TPSA) is 61.4 Å². The van der Waals surface area contributed by atoms with Crippen molar-refractivity contribution in [2.24, 2.45) is 0 Å². The highest BCUT2D eigenvalue weighted by Crippen LogP contribution is 2.13. The second-order valence-corrected chi connectivity index (χ2v) is 5.62. The number of nitrogens with one attached hydrogen (secondary N) is 2. The smallest absolute Gasteiger partial charge is 0.261 e. The fourth-order valence-corrected chi connectivity index (χ4v) is 2.81. The lowest BCUT2D eigenvalue weighted by atomic mass is 10.0. The van der Waals surface area contributed by atoms with Gasteiger partial charge in [0.15, 0.2) is 0 Å². The minimum Gasteiger partial charge on any atom is -0.358 e. The number of hydrogen-bond donors (Lipinski definition) is 2. The molecule has 0 bridgehead atoms. The predicted molar refractivity (Wildman–Crippen MR) is 75.3 cm³/mol. The Hall–Kier alpha value is -1.40. The van der Waals surface area contributed by atoms with Crippen molar-refractivity contribution in [1.29, 1.82) is 0 Å². The van der Waals surface area contributed by atoms with Gasteiger partial charge in [0.1, 0.15) is 0 Å². The zero-order valence-electron chi connectivity index (χ0n) is 11.0. The number of likely N-dealkylation sites (N-methyl/N-ethyl adjacent to an activating group) is 1. The zero-order valence-corrected chi connectivity index (χ0v) is 11.8. The highest BCUT2D eigenvalue weighted by atomic mass is 32.1. The Labute approximate surface area is 117 Å². The summed E-state index contributed by atoms with van der Waals surface area (Å²) in [6.45, 7) is 2.15. The first-order valence-electron chi connectivity index (χ1n) is 6.46. The maximum Gasteiger partial charge on any atom is 0.261 e. The minimum atomic E-state index is 0.0137. The van der Waals surface area contributed by atoms with Gasteiger partial charge in [-0.3, -0.25) is 14.5 Å². The number of amides is 2. The molecule has 0 atom stereocenters. The molecule has 0 saturated carbocycles. The molecule has 1 aromatic rings. The minimum absolute atomic E-state index is 0.0137. The molecule has 0 aromatic carbocycles. The van der Waals surface area contributed by atoms with E-state index in [1.54, 1.807) is 7.05 Å². The number of carbonyl (C=O) groups excluding carboxylic acids is 2. The van der Waals surface area contributed by atoms with Gasteiger partial charge in [-0.2, -0.15) is 0 Å². The summed E-state index contributed by atoms with van der Waals surface area (Å²) in [5, 5.41) is 7.58. The third-order valence-corrected chi connectivity index (χ3v) is 4.18. The standard InChI is InChI=1S/C13H19N3O2S/c1-14-12(17)9-16-6-4-10(5-7-16)15-13(18)11-3-2-8-19-11/h2-3,8,10H,4-7,9H2,1H3,(H,14,17)(H,15,18). The van der Waals surface area contributed by atoms with Gasteiger partial charge in [0.2, 0.25) is 5.91 Å². The summed E-state index contributed by atoms with van der Waals surface area (Å²) in [4.78, 5) is 26.0. The van der Waals surface area contributed by atoms with Crippen LogP contribution in [0.15, 0.2) is 17.5 Å². The fourth-order valence-electron chi connectivity index (χ4n) is 2.18. The maximum atomic E-state index is 11.9. The summed E-state index contributed by atoms with van der Waals surface area (Å²) >= 11 is 1.46. The van der Waals surface area contributed by atoms with E-state index in [1.165, 1.54) is 11.3 Å². The fraction of sp³-hybridized carbons (Fsp3) is 0.538. The molecule has 19 heavy (non-hydrogen) atoms. The molecule has 2 rings (SSSR count). The molecule has 1 fully saturated rings. The van der Waals surface area contributed by atoms with Gasteiger partial charge >= 0.3 is 0 Å². The molecule has 2 N–H and O–H groups in total. The monoisotopic (exact) mass is 281 g/mol. The lowest BCUT2D eigenvalue weighted by molar-refractivity contribution is -0.122. The Kier molecular flexibility index (Phi) is 4.93. The van der Waals surface area contributed by atoms with Crippen LogP contribution in [0.5, 0.6) is 0 Å². The van der Waals surface area contributed by atoms with Crippen LogP contribution < -0.4 is 10.6 Å². The second kappa shape index (κ2) is 6.68. The number of rotatable bonds is 4. The number of carbonyl (C=O) groups is 2. The largest absolute Gasteiger partial charge is 0.358 e. The van der Waals surface area contributed by atoms with Crippen LogP contribution in [-0.2, 0) is 4.79 Å². The first kappa shape index (κ1) is 14.0. The summed E-state index contributed by atoms with van der Waals surface area (Å²) in [5.74, 6) is 0.0563. The molecule has 5 nitrogen and oxygen atoms in total. The predicted octanol–water partition coefficient (Wildman–Crippen LogP) is 0.688. The number of piperidine rings is 1. The van der Waals surface area contributed by atoms with E-state index in [0.717, 1.165) is 30.8 Å². The summed E-state index contributed by atoms with van der Waals surface area (Å²) in [6.07, 6.45) is 1.79. The van der Waals surface area contributed by atoms with Crippen molar-refractivity contribution in [3.05, 3.63) is 22.4 Å². The van der Waals surface area contributed by atoms with Crippen LogP contribution in [0.3, 0.4) is 0 Å². The Bertz CT molecular complexity index is 425. The third-order valence-electron chi connectivity index (χ3n) is 3.31. The van der Waals surface area contributed by atoms with Gasteiger partial charge in [0, 0.05) is 26.2 Å². The van der Waals surface area contributed by atoms with Gasteiger partial charge < -0.3 is 10.6 Å². The van der Waals surface area contributed by atoms with E-state index in [1.807, 2.05) is 17.5 Å². The van der Waals surface area contributed by atoms with E-state index >= 15 is 0 Å². The number of hydrogen-bond acceptors (Lipinski definition) is 4. The van der Waals surface area contributed by atoms with Crippen molar-refractivity contribution in [2.75, 3.05) is 26.7 Å². The van der Waals surface area contributed by atoms with Gasteiger partial charge in [0.25, 0.3) is 5.91 Å². The Morgan fingerprint density at radius 2 is 2.16 bits per heavy atom. The molecule has 0 unspecified atom stereocenters. The normalized spacial score (nSPS) is 17.1. The molecule has 1 aliphatic rings. The van der Waals surface area contributed by atoms with E-state index in [0.29, 0.717) is 6.54 Å². The van der Waals surface area contributed by atoms with Crippen molar-refractivity contribution in [1.82, 2.24) is 15.5 Å². The molecule has 6 heteroatoms. The van der Waals surface area contributed by atoms with Crippen molar-refractivity contribution >= 4 is 23.2 Å². The second-order valence-electron chi connectivity index (χ2n) is 4.67. The summed E-state index contributed by atoms with van der Waals surface area (Å²) in [6, 6.07) is 3.93. The van der Waals surface area contributed by atoms with Gasteiger partial charge in [-0.1, -0.05) is 6.07 Å². The molecule has 0 spiro atoms. The van der Waals surface area contributed by atoms with Gasteiger partial charge in [0.05, 0.1) is 11.4 Å². The highest BCUT2D eigenvalue weighted by Gasteiger charge is 2.22. The van der Waals surface area contributed by atoms with Crippen LogP contribution in [0.25, 0.3) is 0 Å². The van der Waals surface area contributed by atoms with Crippen molar-refractivity contribution in [3.8, 4) is 0 Å². The van der Waals surface area contributed by atoms with Gasteiger partial charge in [-0.05, 0) is 24.3 Å². The molecule has 1 aliphatic heterocycles. The lowest BCUT2D eigenvalue weighted by Gasteiger charge is -2.31. The zero-order chi connectivity index (χ0) is 13.7. The van der Waals surface area contributed by atoms with Crippen molar-refractivity contribution < 1.29 is 9.59 Å². The van der Waals surface area contributed by atoms with Crippen LogP contribution in [0.1, 0.15) is 22.5 Å². The van der Waals surface area contributed by atoms with E-state index in [-0.39, 0.29) is 17.9 Å². The maximum absolute atomic E-state index is 11.9. The molecule has 0 radical (unpaired) electrons. The quantitative estimate of drug-likeness (QED) is 0.853. The summed E-state index contributed by atoms with van der Waals surface area (Å²) < 4.78 is 0. The van der Waals surface area contributed by atoms with E-state index in [4.69, 9.17) is 0 Å². The van der Waals surface area contributed by atoms with Crippen LogP contribution in [0.4, 0.5) is 0 Å². The molecular formula is C13H19N3O2S. The summed E-state index contributed by atoms with van der Waals surface area (Å²) in [5.41, 5.74) is 0. The number of likely N-dealkylation sites (tertiary alicyclic amines) is 1. The lowest BCUT2D eigenvalue weighted by Crippen LogP contribution is -2.47.